The van der Waals surface area contributed by atoms with Gasteiger partial charge in [-0.05, 0) is 0 Å². The number of aromatic nitrogens is 4. The minimum absolute atomic E-state index is 0.0915. The average Bonchev–Trinajstić information content (AvgIpc) is 2.74. The molecule has 2 aromatic heterocycles. The van der Waals surface area contributed by atoms with E-state index in [9.17, 15) is 4.79 Å². The van der Waals surface area contributed by atoms with Crippen LogP contribution in [0.5, 0.6) is 0 Å². The number of fused-ring (bicyclic) bond motifs is 1. The molecule has 4 N–H and O–H groups in total. The molecule has 0 bridgehead atoms. The number of ether oxygens (including phenoxy) is 1. The first-order valence-electron chi connectivity index (χ1n) is 5.24. The van der Waals surface area contributed by atoms with Gasteiger partial charge in [-0.15, -0.1) is 0 Å². The van der Waals surface area contributed by atoms with Crippen LogP contribution in [0.2, 0.25) is 0 Å². The zero-order chi connectivity index (χ0) is 13.0. The number of imidazole rings is 1. The Kier molecular flexibility index (Phi) is 3.87. The number of hydrogen-bond donors (Lipinski definition) is 4. The van der Waals surface area contributed by atoms with Crippen molar-refractivity contribution in [1.82, 2.24) is 19.5 Å². The molecule has 98 valence electrons. The molecule has 18 heavy (non-hydrogen) atoms. The van der Waals surface area contributed by atoms with E-state index in [-0.39, 0.29) is 49.3 Å². The van der Waals surface area contributed by atoms with Crippen LogP contribution in [0.25, 0.3) is 11.2 Å². The normalized spacial score (nSPS) is 11.0. The molecule has 0 saturated carbocycles. The minimum Gasteiger partial charge on any atom is -0.394 e. The highest BCUT2D eigenvalue weighted by molar-refractivity contribution is 5.70. The summed E-state index contributed by atoms with van der Waals surface area (Å²) in [7, 11) is 0. The van der Waals surface area contributed by atoms with Crippen LogP contribution >= 0.6 is 0 Å². The van der Waals surface area contributed by atoms with Gasteiger partial charge in [0.05, 0.1) is 19.5 Å². The van der Waals surface area contributed by atoms with Crippen molar-refractivity contribution in [2.75, 3.05) is 25.3 Å². The molecule has 0 amide bonds. The molecule has 2 aromatic rings. The van der Waals surface area contributed by atoms with Crippen LogP contribution in [-0.2, 0) is 11.5 Å². The topological polar surface area (TPSA) is 125 Å². The maximum atomic E-state index is 11.8. The van der Waals surface area contributed by atoms with E-state index in [1.807, 2.05) is 0 Å². The van der Waals surface area contributed by atoms with Crippen molar-refractivity contribution in [2.45, 2.75) is 6.73 Å². The van der Waals surface area contributed by atoms with Gasteiger partial charge in [0.25, 0.3) is 5.56 Å². The third kappa shape index (κ3) is 2.47. The largest absolute Gasteiger partial charge is 0.394 e. The highest BCUT2D eigenvalue weighted by Gasteiger charge is 2.10. The van der Waals surface area contributed by atoms with E-state index < -0.39 is 0 Å². The summed E-state index contributed by atoms with van der Waals surface area (Å²) in [6.07, 6.45) is 1.42. The van der Waals surface area contributed by atoms with Crippen LogP contribution in [0.3, 0.4) is 0 Å². The zero-order valence-electron chi connectivity index (χ0n) is 9.46. The molecule has 0 spiro atoms. The van der Waals surface area contributed by atoms with Crippen LogP contribution in [-0.4, -0.2) is 49.7 Å². The maximum Gasteiger partial charge on any atom is 0.278 e. The highest BCUT2D eigenvalue weighted by atomic mass is 16.5. The Hall–Kier alpha value is -1.97. The van der Waals surface area contributed by atoms with Crippen molar-refractivity contribution < 1.29 is 14.9 Å². The van der Waals surface area contributed by atoms with E-state index in [1.54, 1.807) is 0 Å². The molecule has 0 unspecified atom stereocenters. The summed E-state index contributed by atoms with van der Waals surface area (Å²) >= 11 is 0. The van der Waals surface area contributed by atoms with Crippen LogP contribution < -0.4 is 10.9 Å². The van der Waals surface area contributed by atoms with Crippen LogP contribution in [0.15, 0.2) is 11.1 Å². The van der Waals surface area contributed by atoms with E-state index in [1.165, 1.54) is 10.9 Å². The molecule has 0 aliphatic carbocycles. The molecule has 0 aliphatic heterocycles. The standard InChI is InChI=1S/C9H13N5O4/c15-1-2-18-5-14-3-10-7-6(14)8(17)13-9(12-7)11-4-16/h3,15-16H,1-2,4-5H2,(H2,11,12,13,17). The fourth-order valence-corrected chi connectivity index (χ4v) is 1.47. The average molecular weight is 255 g/mol. The molecule has 9 heteroatoms. The zero-order valence-corrected chi connectivity index (χ0v) is 9.46. The Labute approximate surface area is 101 Å². The third-order valence-electron chi connectivity index (χ3n) is 2.20. The second-order valence-corrected chi connectivity index (χ2v) is 3.40. The Morgan fingerprint density at radius 2 is 2.33 bits per heavy atom. The number of aliphatic hydroxyl groups is 2. The van der Waals surface area contributed by atoms with E-state index in [2.05, 4.69) is 20.3 Å². The van der Waals surface area contributed by atoms with Gasteiger partial charge in [0.15, 0.2) is 11.2 Å². The number of nitrogens with one attached hydrogen (secondary N) is 2. The number of hydrogen-bond acceptors (Lipinski definition) is 7. The Morgan fingerprint density at radius 1 is 1.50 bits per heavy atom. The molecule has 9 nitrogen and oxygen atoms in total. The lowest BCUT2D eigenvalue weighted by Gasteiger charge is -2.04. The number of aliphatic hydroxyl groups excluding tert-OH is 2. The van der Waals surface area contributed by atoms with Gasteiger partial charge in [0, 0.05) is 0 Å². The number of nitrogens with zero attached hydrogens (tertiary/aromatic N) is 3. The van der Waals surface area contributed by atoms with Crippen molar-refractivity contribution in [3.05, 3.63) is 16.7 Å². The first-order chi connectivity index (χ1) is 8.76. The third-order valence-corrected chi connectivity index (χ3v) is 2.20. The molecule has 2 rings (SSSR count). The van der Waals surface area contributed by atoms with Gasteiger partial charge < -0.3 is 24.8 Å². The van der Waals surface area contributed by atoms with Gasteiger partial charge in [-0.1, -0.05) is 0 Å². The highest BCUT2D eigenvalue weighted by Crippen LogP contribution is 2.07. The van der Waals surface area contributed by atoms with Crippen LogP contribution in [0, 0.1) is 0 Å². The Bertz CT molecular complexity index is 578. The van der Waals surface area contributed by atoms with Crippen molar-refractivity contribution in [3.8, 4) is 0 Å². The first-order valence-corrected chi connectivity index (χ1v) is 5.24. The number of aromatic amines is 1. The summed E-state index contributed by atoms with van der Waals surface area (Å²) in [5, 5.41) is 19.8. The molecular formula is C9H13N5O4. The number of H-pyrrole nitrogens is 1. The molecule has 0 aliphatic rings. The van der Waals surface area contributed by atoms with Crippen molar-refractivity contribution in [2.24, 2.45) is 0 Å². The van der Waals surface area contributed by atoms with Gasteiger partial charge >= 0.3 is 0 Å². The summed E-state index contributed by atoms with van der Waals surface area (Å²) in [6, 6.07) is 0. The lowest BCUT2D eigenvalue weighted by molar-refractivity contribution is 0.0500. The fourth-order valence-electron chi connectivity index (χ4n) is 1.47. The van der Waals surface area contributed by atoms with Gasteiger partial charge in [0.1, 0.15) is 13.5 Å². The van der Waals surface area contributed by atoms with Gasteiger partial charge in [-0.3, -0.25) is 9.78 Å². The second-order valence-electron chi connectivity index (χ2n) is 3.40. The smallest absolute Gasteiger partial charge is 0.278 e. The van der Waals surface area contributed by atoms with Gasteiger partial charge in [-0.2, -0.15) is 4.98 Å². The first kappa shape index (κ1) is 12.5. The molecule has 0 aromatic carbocycles. The molecule has 2 heterocycles. The molecular weight excluding hydrogens is 242 g/mol. The van der Waals surface area contributed by atoms with E-state index in [0.29, 0.717) is 0 Å². The van der Waals surface area contributed by atoms with Crippen LogP contribution in [0.1, 0.15) is 0 Å². The summed E-state index contributed by atoms with van der Waals surface area (Å²) in [5.41, 5.74) is 0.139. The molecule has 0 atom stereocenters. The molecule has 0 saturated heterocycles. The predicted molar refractivity (Wildman–Crippen MR) is 61.9 cm³/mol. The predicted octanol–water partition coefficient (Wildman–Crippen LogP) is -1.55. The van der Waals surface area contributed by atoms with E-state index in [0.717, 1.165) is 0 Å². The fraction of sp³-hybridized carbons (Fsp3) is 0.444. The van der Waals surface area contributed by atoms with Gasteiger partial charge in [0.2, 0.25) is 5.95 Å². The quantitative estimate of drug-likeness (QED) is 0.363. The lowest BCUT2D eigenvalue weighted by Crippen LogP contribution is -2.17. The molecule has 0 radical (unpaired) electrons. The second kappa shape index (κ2) is 5.58. The maximum absolute atomic E-state index is 11.8. The van der Waals surface area contributed by atoms with Gasteiger partial charge in [-0.25, -0.2) is 4.98 Å². The van der Waals surface area contributed by atoms with Crippen molar-refractivity contribution in [3.63, 3.8) is 0 Å². The minimum atomic E-state index is -0.388. The number of rotatable bonds is 6. The summed E-state index contributed by atoms with van der Waals surface area (Å²) < 4.78 is 6.59. The van der Waals surface area contributed by atoms with Crippen molar-refractivity contribution >= 4 is 17.1 Å². The Balaban J connectivity index is 2.32. The summed E-state index contributed by atoms with van der Waals surface area (Å²) in [6.45, 7) is -0.148. The van der Waals surface area contributed by atoms with E-state index in [4.69, 9.17) is 14.9 Å². The monoisotopic (exact) mass is 255 g/mol. The summed E-state index contributed by atoms with van der Waals surface area (Å²) in [5.74, 6) is 0.150. The molecule has 0 fully saturated rings. The lowest BCUT2D eigenvalue weighted by atomic mass is 10.5. The van der Waals surface area contributed by atoms with Crippen molar-refractivity contribution in [1.29, 1.82) is 0 Å². The van der Waals surface area contributed by atoms with Crippen LogP contribution in [0.4, 0.5) is 5.95 Å². The number of anilines is 1. The SMILES string of the molecule is O=c1[nH]c(NCO)nc2ncn(COCCO)c12. The Morgan fingerprint density at radius 3 is 3.06 bits per heavy atom. The summed E-state index contributed by atoms with van der Waals surface area (Å²) in [4.78, 5) is 22.3. The van der Waals surface area contributed by atoms with E-state index >= 15 is 0 Å².